The number of benzene rings is 2. The van der Waals surface area contributed by atoms with Crippen molar-refractivity contribution in [3.05, 3.63) is 71.3 Å². The molecule has 0 saturated heterocycles. The molecule has 6 heteroatoms. The first-order chi connectivity index (χ1) is 11.9. The van der Waals surface area contributed by atoms with Gasteiger partial charge in [-0.05, 0) is 24.6 Å². The summed E-state index contributed by atoms with van der Waals surface area (Å²) in [5, 5.41) is 0. The van der Waals surface area contributed by atoms with Crippen LogP contribution in [0, 0.1) is 0 Å². The predicted octanol–water partition coefficient (Wildman–Crippen LogP) is 1.99. The molecule has 6 nitrogen and oxygen atoms in total. The Bertz CT molecular complexity index is 774. The smallest absolute Gasteiger partial charge is 0.339 e. The van der Waals surface area contributed by atoms with Gasteiger partial charge in [0.1, 0.15) is 0 Å². The molecule has 0 aliphatic rings. The molecule has 130 valence electrons. The van der Waals surface area contributed by atoms with Crippen molar-refractivity contribution in [3.63, 3.8) is 0 Å². The summed E-state index contributed by atoms with van der Waals surface area (Å²) in [5.74, 6) is -1.83. The number of hydrogen-bond donors (Lipinski definition) is 1. The predicted molar refractivity (Wildman–Crippen MR) is 92.8 cm³/mol. The van der Waals surface area contributed by atoms with Crippen molar-refractivity contribution in [3.8, 4) is 0 Å². The van der Waals surface area contributed by atoms with Crippen LogP contribution in [0.2, 0.25) is 0 Å². The van der Waals surface area contributed by atoms with E-state index in [4.69, 9.17) is 10.5 Å². The summed E-state index contributed by atoms with van der Waals surface area (Å²) in [6, 6.07) is 15.8. The van der Waals surface area contributed by atoms with E-state index in [2.05, 4.69) is 0 Å². The highest BCUT2D eigenvalue weighted by molar-refractivity contribution is 6.05. The van der Waals surface area contributed by atoms with E-state index in [1.807, 2.05) is 30.3 Å². The van der Waals surface area contributed by atoms with Gasteiger partial charge in [-0.25, -0.2) is 4.79 Å². The maximum atomic E-state index is 12.7. The monoisotopic (exact) mass is 340 g/mol. The van der Waals surface area contributed by atoms with Crippen LogP contribution in [0.15, 0.2) is 54.6 Å². The van der Waals surface area contributed by atoms with Crippen molar-refractivity contribution in [2.75, 3.05) is 7.05 Å². The van der Waals surface area contributed by atoms with Crippen molar-refractivity contribution in [1.82, 2.24) is 4.90 Å². The standard InChI is InChI=1S/C19H20N2O4/c1-13(17(20)22)25-19(24)16-11-7-6-10-15(16)18(23)21(2)12-14-8-4-3-5-9-14/h3-11,13H,12H2,1-2H3,(H2,20,22). The van der Waals surface area contributed by atoms with Gasteiger partial charge in [0.25, 0.3) is 11.8 Å². The van der Waals surface area contributed by atoms with Gasteiger partial charge in [0.15, 0.2) is 6.10 Å². The van der Waals surface area contributed by atoms with Crippen LogP contribution in [-0.4, -0.2) is 35.8 Å². The summed E-state index contributed by atoms with van der Waals surface area (Å²) in [4.78, 5) is 37.6. The number of nitrogens with zero attached hydrogens (tertiary/aromatic N) is 1. The van der Waals surface area contributed by atoms with Crippen LogP contribution >= 0.6 is 0 Å². The van der Waals surface area contributed by atoms with Gasteiger partial charge >= 0.3 is 5.97 Å². The molecule has 2 aromatic carbocycles. The largest absolute Gasteiger partial charge is 0.449 e. The van der Waals surface area contributed by atoms with Gasteiger partial charge in [-0.2, -0.15) is 0 Å². The van der Waals surface area contributed by atoms with E-state index in [0.717, 1.165) is 5.56 Å². The molecule has 0 aliphatic heterocycles. The van der Waals surface area contributed by atoms with E-state index in [-0.39, 0.29) is 17.0 Å². The second kappa shape index (κ2) is 8.10. The molecule has 0 fully saturated rings. The summed E-state index contributed by atoms with van der Waals surface area (Å²) < 4.78 is 5.00. The Kier molecular flexibility index (Phi) is 5.89. The third kappa shape index (κ3) is 4.67. The van der Waals surface area contributed by atoms with Gasteiger partial charge in [0.05, 0.1) is 11.1 Å². The highest BCUT2D eigenvalue weighted by atomic mass is 16.5. The molecule has 25 heavy (non-hydrogen) atoms. The lowest BCUT2D eigenvalue weighted by Gasteiger charge is -2.19. The Morgan fingerprint density at radius 2 is 1.56 bits per heavy atom. The van der Waals surface area contributed by atoms with Gasteiger partial charge in [-0.3, -0.25) is 9.59 Å². The zero-order valence-electron chi connectivity index (χ0n) is 14.1. The van der Waals surface area contributed by atoms with Crippen LogP contribution in [0.3, 0.4) is 0 Å². The second-order valence-corrected chi connectivity index (χ2v) is 5.64. The van der Waals surface area contributed by atoms with E-state index in [9.17, 15) is 14.4 Å². The van der Waals surface area contributed by atoms with Gasteiger partial charge in [0, 0.05) is 13.6 Å². The molecular weight excluding hydrogens is 320 g/mol. The van der Waals surface area contributed by atoms with Crippen LogP contribution in [0.1, 0.15) is 33.2 Å². The van der Waals surface area contributed by atoms with Crippen LogP contribution in [0.25, 0.3) is 0 Å². The van der Waals surface area contributed by atoms with Crippen LogP contribution in [0.5, 0.6) is 0 Å². The van der Waals surface area contributed by atoms with Gasteiger partial charge in [0.2, 0.25) is 0 Å². The molecule has 2 N–H and O–H groups in total. The number of carbonyl (C=O) groups excluding carboxylic acids is 3. The highest BCUT2D eigenvalue weighted by Crippen LogP contribution is 2.15. The molecular formula is C19H20N2O4. The Hall–Kier alpha value is -3.15. The maximum absolute atomic E-state index is 12.7. The fraction of sp³-hybridized carbons (Fsp3) is 0.211. The van der Waals surface area contributed by atoms with Crippen LogP contribution in [0.4, 0.5) is 0 Å². The summed E-state index contributed by atoms with van der Waals surface area (Å²) in [6.45, 7) is 1.78. The third-order valence-corrected chi connectivity index (χ3v) is 3.67. The van der Waals surface area contributed by atoms with Crippen molar-refractivity contribution in [1.29, 1.82) is 0 Å². The molecule has 0 saturated carbocycles. The normalized spacial score (nSPS) is 11.4. The quantitative estimate of drug-likeness (QED) is 0.814. The average molecular weight is 340 g/mol. The van der Waals surface area contributed by atoms with E-state index in [0.29, 0.717) is 6.54 Å². The lowest BCUT2D eigenvalue weighted by Crippen LogP contribution is -2.32. The van der Waals surface area contributed by atoms with Crippen LogP contribution in [-0.2, 0) is 16.1 Å². The first-order valence-electron chi connectivity index (χ1n) is 7.79. The number of primary amides is 1. The fourth-order valence-corrected chi connectivity index (χ4v) is 2.26. The molecule has 0 aliphatic carbocycles. The number of ether oxygens (including phenoxy) is 1. The first kappa shape index (κ1) is 18.2. The average Bonchev–Trinajstić information content (AvgIpc) is 2.61. The lowest BCUT2D eigenvalue weighted by atomic mass is 10.1. The topological polar surface area (TPSA) is 89.7 Å². The van der Waals surface area contributed by atoms with E-state index < -0.39 is 18.0 Å². The molecule has 1 atom stereocenters. The van der Waals surface area contributed by atoms with Crippen molar-refractivity contribution in [2.24, 2.45) is 5.73 Å². The minimum atomic E-state index is -1.07. The summed E-state index contributed by atoms with van der Waals surface area (Å²) >= 11 is 0. The molecule has 0 spiro atoms. The fourth-order valence-electron chi connectivity index (χ4n) is 2.26. The van der Waals surface area contributed by atoms with Crippen molar-refractivity contribution in [2.45, 2.75) is 19.6 Å². The molecule has 1 unspecified atom stereocenters. The van der Waals surface area contributed by atoms with Crippen LogP contribution < -0.4 is 5.73 Å². The van der Waals surface area contributed by atoms with Gasteiger partial charge in [-0.1, -0.05) is 42.5 Å². The number of nitrogens with two attached hydrogens (primary N) is 1. The van der Waals surface area contributed by atoms with Gasteiger partial charge < -0.3 is 15.4 Å². The Morgan fingerprint density at radius 1 is 1.00 bits per heavy atom. The number of hydrogen-bond acceptors (Lipinski definition) is 4. The zero-order chi connectivity index (χ0) is 18.4. The van der Waals surface area contributed by atoms with Crippen molar-refractivity contribution < 1.29 is 19.1 Å². The molecule has 0 heterocycles. The second-order valence-electron chi connectivity index (χ2n) is 5.64. The maximum Gasteiger partial charge on any atom is 0.339 e. The Morgan fingerprint density at radius 3 is 2.16 bits per heavy atom. The van der Waals surface area contributed by atoms with Crippen molar-refractivity contribution >= 4 is 17.8 Å². The molecule has 2 rings (SSSR count). The first-order valence-corrected chi connectivity index (χ1v) is 7.79. The lowest BCUT2D eigenvalue weighted by molar-refractivity contribution is -0.125. The summed E-state index contributed by atoms with van der Waals surface area (Å²) in [5.41, 5.74) is 6.38. The SMILES string of the molecule is CC(OC(=O)c1ccccc1C(=O)N(C)Cc1ccccc1)C(N)=O. The summed E-state index contributed by atoms with van der Waals surface area (Å²) in [6.07, 6.45) is -1.07. The van der Waals surface area contributed by atoms with E-state index in [1.54, 1.807) is 25.2 Å². The molecule has 2 amide bonds. The molecule has 0 aromatic heterocycles. The number of esters is 1. The number of carbonyl (C=O) groups is 3. The van der Waals surface area contributed by atoms with E-state index >= 15 is 0 Å². The third-order valence-electron chi connectivity index (χ3n) is 3.67. The number of rotatable bonds is 6. The minimum absolute atomic E-state index is 0.0977. The summed E-state index contributed by atoms with van der Waals surface area (Å²) in [7, 11) is 1.66. The zero-order valence-corrected chi connectivity index (χ0v) is 14.1. The van der Waals surface area contributed by atoms with Gasteiger partial charge in [-0.15, -0.1) is 0 Å². The molecule has 0 bridgehead atoms. The Balaban J connectivity index is 2.20. The highest BCUT2D eigenvalue weighted by Gasteiger charge is 2.23. The molecule has 0 radical (unpaired) electrons. The number of amides is 2. The van der Waals surface area contributed by atoms with E-state index in [1.165, 1.54) is 17.9 Å². The Labute approximate surface area is 146 Å². The molecule has 2 aromatic rings. The minimum Gasteiger partial charge on any atom is -0.449 e.